The number of carbonyl (C=O) groups is 1. The van der Waals surface area contributed by atoms with Crippen LogP contribution in [-0.4, -0.2) is 50.7 Å². The van der Waals surface area contributed by atoms with Crippen LogP contribution in [0.5, 0.6) is 0 Å². The van der Waals surface area contributed by atoms with Gasteiger partial charge in [-0.25, -0.2) is 14.4 Å². The van der Waals surface area contributed by atoms with Crippen molar-refractivity contribution in [3.63, 3.8) is 0 Å². The van der Waals surface area contributed by atoms with E-state index in [2.05, 4.69) is 25.5 Å². The minimum atomic E-state index is -4.46. The average molecular weight is 559 g/mol. The summed E-state index contributed by atoms with van der Waals surface area (Å²) < 4.78 is 66.4. The number of aromatic nitrogens is 5. The molecule has 1 aliphatic rings. The van der Waals surface area contributed by atoms with E-state index in [1.165, 1.54) is 12.1 Å². The highest BCUT2D eigenvalue weighted by Crippen LogP contribution is 2.59. The van der Waals surface area contributed by atoms with E-state index in [1.54, 1.807) is 25.6 Å². The number of carbonyl (C=O) groups excluding carboxylic acids is 1. The summed E-state index contributed by atoms with van der Waals surface area (Å²) in [7, 11) is 1.63. The number of benzene rings is 1. The van der Waals surface area contributed by atoms with E-state index < -0.39 is 23.3 Å². The molecule has 5 rings (SSSR count). The zero-order valence-corrected chi connectivity index (χ0v) is 21.8. The van der Waals surface area contributed by atoms with Gasteiger partial charge in [0.25, 0.3) is 0 Å². The highest BCUT2D eigenvalue weighted by atomic mass is 19.4. The summed E-state index contributed by atoms with van der Waals surface area (Å²) in [6.07, 6.45) is 0.641. The Balaban J connectivity index is 1.20. The normalized spacial score (nSPS) is 14.3. The van der Waals surface area contributed by atoms with Crippen LogP contribution in [0.2, 0.25) is 0 Å². The molecule has 9 nitrogen and oxygen atoms in total. The van der Waals surface area contributed by atoms with Gasteiger partial charge < -0.3 is 14.6 Å². The number of hydrogen-bond donors (Lipinski definition) is 1. The van der Waals surface area contributed by atoms with E-state index >= 15 is 0 Å². The number of aryl methyl sites for hydroxylation is 1. The molecule has 1 fully saturated rings. The number of nitrogens with one attached hydrogen (secondary N) is 1. The van der Waals surface area contributed by atoms with Crippen LogP contribution in [0.4, 0.5) is 23.4 Å². The lowest BCUT2D eigenvalue weighted by molar-refractivity contribution is -0.165. The van der Waals surface area contributed by atoms with Gasteiger partial charge in [0, 0.05) is 49.3 Å². The average Bonchev–Trinajstić information content (AvgIpc) is 3.50. The maximum Gasteiger partial charge on any atom is 0.401 e. The number of anilines is 1. The lowest BCUT2D eigenvalue weighted by Gasteiger charge is -2.14. The Bertz CT molecular complexity index is 1510. The lowest BCUT2D eigenvalue weighted by atomic mass is 10.0. The van der Waals surface area contributed by atoms with Gasteiger partial charge in [-0.1, -0.05) is 17.3 Å². The molecule has 13 heteroatoms. The van der Waals surface area contributed by atoms with Crippen molar-refractivity contribution in [2.24, 2.45) is 0 Å². The summed E-state index contributed by atoms with van der Waals surface area (Å²) in [5.74, 6) is -1.16. The Labute approximate surface area is 226 Å². The highest BCUT2D eigenvalue weighted by molar-refractivity contribution is 5.91. The molecular formula is C27H26F4N6O3. The smallest absolute Gasteiger partial charge is 0.383 e. The zero-order chi connectivity index (χ0) is 28.5. The van der Waals surface area contributed by atoms with E-state index in [1.807, 2.05) is 17.8 Å². The van der Waals surface area contributed by atoms with Crippen molar-refractivity contribution in [2.45, 2.75) is 50.7 Å². The fourth-order valence-electron chi connectivity index (χ4n) is 4.38. The second kappa shape index (κ2) is 10.8. The van der Waals surface area contributed by atoms with Gasteiger partial charge in [0.2, 0.25) is 5.91 Å². The third kappa shape index (κ3) is 5.74. The second-order valence-electron chi connectivity index (χ2n) is 9.75. The van der Waals surface area contributed by atoms with Gasteiger partial charge in [0.1, 0.15) is 17.1 Å². The SMILES string of the molecule is COCCn1cc(Cc2ncc(-c3ccc(CC(=O)Nc4cc(C5(C(F)(F)F)CC5)on4)c(F)c3)cn2)c(C)n1. The van der Waals surface area contributed by atoms with Crippen LogP contribution in [0.25, 0.3) is 11.1 Å². The first-order chi connectivity index (χ1) is 19.1. The molecule has 0 unspecified atom stereocenters. The molecule has 0 saturated heterocycles. The van der Waals surface area contributed by atoms with Crippen molar-refractivity contribution < 1.29 is 31.6 Å². The van der Waals surface area contributed by atoms with Crippen LogP contribution in [0.15, 0.2) is 47.4 Å². The maximum atomic E-state index is 14.8. The minimum Gasteiger partial charge on any atom is -0.383 e. The molecule has 1 aromatic carbocycles. The first-order valence-corrected chi connectivity index (χ1v) is 12.5. The number of alkyl halides is 3. The van der Waals surface area contributed by atoms with Crippen molar-refractivity contribution in [2.75, 3.05) is 19.0 Å². The molecule has 40 heavy (non-hydrogen) atoms. The first kappa shape index (κ1) is 27.4. The Morgan fingerprint density at radius 1 is 1.15 bits per heavy atom. The van der Waals surface area contributed by atoms with E-state index in [9.17, 15) is 22.4 Å². The number of rotatable bonds is 10. The van der Waals surface area contributed by atoms with Gasteiger partial charge in [-0.3, -0.25) is 9.48 Å². The van der Waals surface area contributed by atoms with Crippen LogP contribution >= 0.6 is 0 Å². The zero-order valence-electron chi connectivity index (χ0n) is 21.8. The molecular weight excluding hydrogens is 532 g/mol. The van der Waals surface area contributed by atoms with E-state index in [-0.39, 0.29) is 36.4 Å². The van der Waals surface area contributed by atoms with E-state index in [0.717, 1.165) is 17.3 Å². The summed E-state index contributed by atoms with van der Waals surface area (Å²) in [5.41, 5.74) is 1.06. The number of nitrogens with zero attached hydrogens (tertiary/aromatic N) is 5. The van der Waals surface area contributed by atoms with Crippen molar-refractivity contribution >= 4 is 11.7 Å². The van der Waals surface area contributed by atoms with Gasteiger partial charge in [0.15, 0.2) is 11.6 Å². The van der Waals surface area contributed by atoms with E-state index in [0.29, 0.717) is 36.5 Å². The summed E-state index contributed by atoms with van der Waals surface area (Å²) >= 11 is 0. The molecule has 0 bridgehead atoms. The van der Waals surface area contributed by atoms with Crippen LogP contribution in [-0.2, 0) is 34.3 Å². The fourth-order valence-corrected chi connectivity index (χ4v) is 4.38. The van der Waals surface area contributed by atoms with Gasteiger partial charge in [0.05, 0.1) is 25.3 Å². The molecule has 1 N–H and O–H groups in total. The fraction of sp³-hybridized carbons (Fsp3) is 0.370. The number of ether oxygens (including phenoxy) is 1. The number of halogens is 4. The van der Waals surface area contributed by atoms with Crippen LogP contribution in [0, 0.1) is 12.7 Å². The summed E-state index contributed by atoms with van der Waals surface area (Å²) in [6.45, 7) is 3.11. The number of hydrogen-bond acceptors (Lipinski definition) is 7. The molecule has 3 aromatic heterocycles. The van der Waals surface area contributed by atoms with E-state index in [4.69, 9.17) is 9.26 Å². The summed E-state index contributed by atoms with van der Waals surface area (Å²) in [4.78, 5) is 21.2. The van der Waals surface area contributed by atoms with Crippen LogP contribution in [0.1, 0.15) is 41.2 Å². The minimum absolute atomic E-state index is 0.0922. The number of amides is 1. The Morgan fingerprint density at radius 3 is 2.55 bits per heavy atom. The van der Waals surface area contributed by atoms with Crippen molar-refractivity contribution in [1.29, 1.82) is 0 Å². The first-order valence-electron chi connectivity index (χ1n) is 12.5. The third-order valence-corrected chi connectivity index (χ3v) is 6.91. The number of methoxy groups -OCH3 is 1. The third-order valence-electron chi connectivity index (χ3n) is 6.91. The lowest BCUT2D eigenvalue weighted by Crippen LogP contribution is -2.28. The van der Waals surface area contributed by atoms with Gasteiger partial charge in [-0.15, -0.1) is 0 Å². The maximum absolute atomic E-state index is 14.8. The quantitative estimate of drug-likeness (QED) is 0.279. The van der Waals surface area contributed by atoms with Crippen molar-refractivity contribution in [3.8, 4) is 11.1 Å². The topological polar surface area (TPSA) is 108 Å². The van der Waals surface area contributed by atoms with Gasteiger partial charge >= 0.3 is 6.18 Å². The molecule has 1 saturated carbocycles. The molecule has 0 radical (unpaired) electrons. The van der Waals surface area contributed by atoms with Crippen LogP contribution < -0.4 is 5.32 Å². The second-order valence-corrected chi connectivity index (χ2v) is 9.75. The predicted octanol–water partition coefficient (Wildman–Crippen LogP) is 4.79. The molecule has 210 valence electrons. The molecule has 3 heterocycles. The van der Waals surface area contributed by atoms with Crippen molar-refractivity contribution in [1.82, 2.24) is 24.9 Å². The van der Waals surface area contributed by atoms with Gasteiger partial charge in [-0.2, -0.15) is 18.3 Å². The molecule has 1 aliphatic carbocycles. The Hall–Kier alpha value is -4.13. The molecule has 0 atom stereocenters. The Morgan fingerprint density at radius 2 is 1.90 bits per heavy atom. The summed E-state index contributed by atoms with van der Waals surface area (Å²) in [6, 6.07) is 5.45. The monoisotopic (exact) mass is 558 g/mol. The molecule has 1 amide bonds. The van der Waals surface area contributed by atoms with Gasteiger partial charge in [-0.05, 0) is 37.0 Å². The largest absolute Gasteiger partial charge is 0.401 e. The highest BCUT2D eigenvalue weighted by Gasteiger charge is 2.66. The standard InChI is InChI=1S/C27H26F4N6O3/c1-16-19(15-37(35-16)7-8-39-2)10-23-32-13-20(14-33-23)17-3-4-18(21(28)9-17)11-25(38)34-24-12-22(40-36-24)26(5-6-26)27(29,30)31/h3-4,9,12-15H,5-8,10-11H2,1-2H3,(H,34,36,38). The Kier molecular flexibility index (Phi) is 7.41. The molecule has 4 aromatic rings. The molecule has 0 spiro atoms. The van der Waals surface area contributed by atoms with Crippen LogP contribution in [0.3, 0.4) is 0 Å². The molecule has 0 aliphatic heterocycles. The van der Waals surface area contributed by atoms with Crippen molar-refractivity contribution in [3.05, 3.63) is 77.1 Å². The predicted molar refractivity (Wildman–Crippen MR) is 135 cm³/mol. The summed E-state index contributed by atoms with van der Waals surface area (Å²) in [5, 5.41) is 10.3.